The molecule has 3 N–H and O–H groups in total. The van der Waals surface area contributed by atoms with E-state index in [4.69, 9.17) is 10.5 Å². The zero-order valence-electron chi connectivity index (χ0n) is 13.6. The number of hydrogen-bond donors (Lipinski definition) is 2. The molecule has 1 amide bonds. The monoisotopic (exact) mass is 358 g/mol. The average molecular weight is 359 g/mol. The van der Waals surface area contributed by atoms with Crippen molar-refractivity contribution in [3.63, 3.8) is 0 Å². The fourth-order valence-corrected chi connectivity index (χ4v) is 3.74. The van der Waals surface area contributed by atoms with Gasteiger partial charge in [0.25, 0.3) is 0 Å². The molecule has 6 heteroatoms. The van der Waals surface area contributed by atoms with Crippen molar-refractivity contribution < 1.29 is 9.53 Å². The number of nitrogens with two attached hydrogens (primary N) is 1. The van der Waals surface area contributed by atoms with Gasteiger partial charge in [0.2, 0.25) is 5.91 Å². The van der Waals surface area contributed by atoms with E-state index in [9.17, 15) is 4.79 Å². The fourth-order valence-electron chi connectivity index (χ4n) is 2.89. The number of ether oxygens (including phenoxy) is 1. The van der Waals surface area contributed by atoms with Crippen molar-refractivity contribution in [2.75, 3.05) is 19.4 Å². The van der Waals surface area contributed by atoms with Gasteiger partial charge >= 0.3 is 0 Å². The molecule has 0 aliphatic heterocycles. The molecule has 1 aromatic rings. The molecule has 1 aliphatic rings. The largest absolute Gasteiger partial charge is 0.497 e. The lowest BCUT2D eigenvalue weighted by Crippen LogP contribution is -2.44. The molecular formula is C17H27ClN2O2S. The Morgan fingerprint density at radius 1 is 1.30 bits per heavy atom. The van der Waals surface area contributed by atoms with Crippen LogP contribution in [0.5, 0.6) is 5.75 Å². The number of halogens is 1. The summed E-state index contributed by atoms with van der Waals surface area (Å²) in [5.74, 6) is 2.24. The first-order chi connectivity index (χ1) is 10.7. The van der Waals surface area contributed by atoms with E-state index >= 15 is 0 Å². The standard InChI is InChI=1S/C17H26N2O2S.ClH/c1-21-14-6-8-15(9-7-14)22-11-10-17(20)19-16-5-3-2-4-13(16)12-18;/h6-9,13,16H,2-5,10-12,18H2,1H3,(H,19,20);1H. The molecular weight excluding hydrogens is 332 g/mol. The highest BCUT2D eigenvalue weighted by molar-refractivity contribution is 7.99. The summed E-state index contributed by atoms with van der Waals surface area (Å²) in [6, 6.07) is 8.20. The lowest BCUT2D eigenvalue weighted by atomic mass is 9.84. The fraction of sp³-hybridized carbons (Fsp3) is 0.588. The Bertz CT molecular complexity index is 470. The first-order valence-corrected chi connectivity index (χ1v) is 8.97. The number of carbonyl (C=O) groups is 1. The molecule has 1 aromatic carbocycles. The molecule has 0 aromatic heterocycles. The van der Waals surface area contributed by atoms with Crippen LogP contribution in [0.2, 0.25) is 0 Å². The number of benzene rings is 1. The van der Waals surface area contributed by atoms with Crippen LogP contribution < -0.4 is 15.8 Å². The van der Waals surface area contributed by atoms with Gasteiger partial charge in [-0.1, -0.05) is 12.8 Å². The van der Waals surface area contributed by atoms with Crippen LogP contribution in [-0.4, -0.2) is 31.4 Å². The Labute approximate surface area is 149 Å². The van der Waals surface area contributed by atoms with Crippen LogP contribution in [0.3, 0.4) is 0 Å². The highest BCUT2D eigenvalue weighted by atomic mass is 35.5. The Morgan fingerprint density at radius 2 is 2.00 bits per heavy atom. The molecule has 4 nitrogen and oxygen atoms in total. The third-order valence-electron chi connectivity index (χ3n) is 4.22. The van der Waals surface area contributed by atoms with Crippen LogP contribution in [0.25, 0.3) is 0 Å². The van der Waals surface area contributed by atoms with Crippen molar-refractivity contribution in [1.29, 1.82) is 0 Å². The second-order valence-electron chi connectivity index (χ2n) is 5.73. The molecule has 0 heterocycles. The van der Waals surface area contributed by atoms with Crippen molar-refractivity contribution in [3.05, 3.63) is 24.3 Å². The number of thioether (sulfide) groups is 1. The predicted octanol–water partition coefficient (Wildman–Crippen LogP) is 3.23. The van der Waals surface area contributed by atoms with Gasteiger partial charge in [-0.05, 0) is 49.6 Å². The van der Waals surface area contributed by atoms with Crippen molar-refractivity contribution in [2.45, 2.75) is 43.0 Å². The summed E-state index contributed by atoms with van der Waals surface area (Å²) in [7, 11) is 1.66. The Morgan fingerprint density at radius 3 is 2.65 bits per heavy atom. The molecule has 2 atom stereocenters. The molecule has 0 bridgehead atoms. The minimum Gasteiger partial charge on any atom is -0.497 e. The van der Waals surface area contributed by atoms with Crippen LogP contribution in [0, 0.1) is 5.92 Å². The number of carbonyl (C=O) groups excluding carboxylic acids is 1. The molecule has 1 fully saturated rings. The maximum Gasteiger partial charge on any atom is 0.221 e. The molecule has 2 unspecified atom stereocenters. The molecule has 23 heavy (non-hydrogen) atoms. The normalized spacial score (nSPS) is 20.4. The summed E-state index contributed by atoms with van der Waals surface area (Å²) in [4.78, 5) is 13.2. The Balaban J connectivity index is 0.00000264. The van der Waals surface area contributed by atoms with E-state index in [-0.39, 0.29) is 24.4 Å². The van der Waals surface area contributed by atoms with Crippen LogP contribution in [0.1, 0.15) is 32.1 Å². The van der Waals surface area contributed by atoms with Crippen molar-refractivity contribution in [3.8, 4) is 5.75 Å². The molecule has 1 saturated carbocycles. The van der Waals surface area contributed by atoms with Gasteiger partial charge in [0, 0.05) is 23.1 Å². The van der Waals surface area contributed by atoms with Crippen LogP contribution >= 0.6 is 24.2 Å². The van der Waals surface area contributed by atoms with Gasteiger partial charge < -0.3 is 15.8 Å². The number of nitrogens with one attached hydrogen (secondary N) is 1. The summed E-state index contributed by atoms with van der Waals surface area (Å²) in [5.41, 5.74) is 5.80. The number of amides is 1. The van der Waals surface area contributed by atoms with Gasteiger partial charge in [-0.15, -0.1) is 24.2 Å². The summed E-state index contributed by atoms with van der Waals surface area (Å²) >= 11 is 1.70. The quantitative estimate of drug-likeness (QED) is 0.734. The van der Waals surface area contributed by atoms with Crippen molar-refractivity contribution >= 4 is 30.1 Å². The van der Waals surface area contributed by atoms with Gasteiger partial charge in [0.05, 0.1) is 7.11 Å². The number of hydrogen-bond acceptors (Lipinski definition) is 4. The molecule has 130 valence electrons. The minimum absolute atomic E-state index is 0. The van der Waals surface area contributed by atoms with E-state index in [1.807, 2.05) is 24.3 Å². The van der Waals surface area contributed by atoms with E-state index < -0.39 is 0 Å². The molecule has 2 rings (SSSR count). The Hall–Kier alpha value is -0.910. The summed E-state index contributed by atoms with van der Waals surface area (Å²) in [6.45, 7) is 0.672. The van der Waals surface area contributed by atoms with Crippen molar-refractivity contribution in [2.24, 2.45) is 11.7 Å². The zero-order valence-corrected chi connectivity index (χ0v) is 15.3. The highest BCUT2D eigenvalue weighted by Crippen LogP contribution is 2.24. The van der Waals surface area contributed by atoms with Crippen LogP contribution in [0.15, 0.2) is 29.2 Å². The second-order valence-corrected chi connectivity index (χ2v) is 6.90. The highest BCUT2D eigenvalue weighted by Gasteiger charge is 2.24. The van der Waals surface area contributed by atoms with E-state index in [1.54, 1.807) is 18.9 Å². The maximum atomic E-state index is 12.1. The predicted molar refractivity (Wildman–Crippen MR) is 98.5 cm³/mol. The average Bonchev–Trinajstić information content (AvgIpc) is 2.56. The van der Waals surface area contributed by atoms with Crippen LogP contribution in [-0.2, 0) is 4.79 Å². The summed E-state index contributed by atoms with van der Waals surface area (Å²) in [6.07, 6.45) is 5.19. The van der Waals surface area contributed by atoms with Crippen LogP contribution in [0.4, 0.5) is 0 Å². The number of rotatable bonds is 7. The summed E-state index contributed by atoms with van der Waals surface area (Å²) < 4.78 is 5.13. The van der Waals surface area contributed by atoms with Gasteiger partial charge in [0.1, 0.15) is 5.75 Å². The lowest BCUT2D eigenvalue weighted by molar-refractivity contribution is -0.121. The molecule has 0 saturated heterocycles. The van der Waals surface area contributed by atoms with Gasteiger partial charge in [0.15, 0.2) is 0 Å². The minimum atomic E-state index is 0. The van der Waals surface area contributed by atoms with Gasteiger partial charge in [-0.25, -0.2) is 0 Å². The van der Waals surface area contributed by atoms with E-state index in [0.717, 1.165) is 29.2 Å². The Kier molecular flexibility index (Phi) is 9.44. The molecule has 1 aliphatic carbocycles. The third-order valence-corrected chi connectivity index (χ3v) is 5.23. The SMILES string of the molecule is COc1ccc(SCCC(=O)NC2CCCCC2CN)cc1.Cl. The second kappa shape index (κ2) is 10.8. The topological polar surface area (TPSA) is 64.3 Å². The summed E-state index contributed by atoms with van der Waals surface area (Å²) in [5, 5.41) is 3.17. The molecule has 0 radical (unpaired) electrons. The van der Waals surface area contributed by atoms with Gasteiger partial charge in [-0.2, -0.15) is 0 Å². The first-order valence-electron chi connectivity index (χ1n) is 7.99. The zero-order chi connectivity index (χ0) is 15.8. The molecule has 0 spiro atoms. The first kappa shape index (κ1) is 20.1. The third kappa shape index (κ3) is 6.61. The van der Waals surface area contributed by atoms with E-state index in [1.165, 1.54) is 12.8 Å². The van der Waals surface area contributed by atoms with Gasteiger partial charge in [-0.3, -0.25) is 4.79 Å². The van der Waals surface area contributed by atoms with Crippen molar-refractivity contribution in [1.82, 2.24) is 5.32 Å². The smallest absolute Gasteiger partial charge is 0.221 e. The maximum absolute atomic E-state index is 12.1. The van der Waals surface area contributed by atoms with E-state index in [0.29, 0.717) is 18.9 Å². The number of methoxy groups -OCH3 is 1. The van der Waals surface area contributed by atoms with E-state index in [2.05, 4.69) is 5.32 Å². The lowest BCUT2D eigenvalue weighted by Gasteiger charge is -2.31.